The van der Waals surface area contributed by atoms with E-state index in [0.29, 0.717) is 42.9 Å². The van der Waals surface area contributed by atoms with Gasteiger partial charge in [0.25, 0.3) is 10.1 Å². The molecule has 1 N–H and O–H groups in total. The van der Waals surface area contributed by atoms with Gasteiger partial charge in [-0.25, -0.2) is 0 Å². The number of fused-ring (bicyclic) bond motifs is 5. The van der Waals surface area contributed by atoms with Crippen LogP contribution >= 0.6 is 0 Å². The Morgan fingerprint density at radius 3 is 2.35 bits per heavy atom. The Hall–Kier alpha value is -1.24. The van der Waals surface area contributed by atoms with Gasteiger partial charge in [-0.05, 0) is 98.5 Å². The van der Waals surface area contributed by atoms with Crippen LogP contribution in [0.3, 0.4) is 0 Å². The average Bonchev–Trinajstić information content (AvgIpc) is 3.23. The molecule has 0 amide bonds. The molecule has 4 saturated carbocycles. The highest BCUT2D eigenvalue weighted by molar-refractivity contribution is 7.86. The van der Waals surface area contributed by atoms with Gasteiger partial charge in [-0.15, -0.1) is 0 Å². The maximum absolute atomic E-state index is 13.9. The molecule has 5 rings (SSSR count). The zero-order chi connectivity index (χ0) is 29.1. The Morgan fingerprint density at radius 2 is 1.68 bits per heavy atom. The number of hydrogen-bond donors (Lipinski definition) is 1. The van der Waals surface area contributed by atoms with Crippen molar-refractivity contribution in [3.8, 4) is 0 Å². The van der Waals surface area contributed by atoms with Crippen LogP contribution in [0.15, 0.2) is 29.2 Å². The minimum Gasteiger partial charge on any atom is -0.381 e. The molecule has 40 heavy (non-hydrogen) atoms. The number of benzene rings is 1. The topological polar surface area (TPSA) is 80.7 Å². The van der Waals surface area contributed by atoms with Gasteiger partial charge >= 0.3 is 0 Å². The van der Waals surface area contributed by atoms with E-state index in [1.54, 1.807) is 24.3 Å². The first kappa shape index (κ1) is 30.2. The fourth-order valence-corrected chi connectivity index (χ4v) is 11.2. The van der Waals surface area contributed by atoms with E-state index in [9.17, 15) is 18.3 Å². The van der Waals surface area contributed by atoms with Crippen LogP contribution < -0.4 is 0 Å². The number of carbonyl (C=O) groups is 1. The highest BCUT2D eigenvalue weighted by Gasteiger charge is 2.68. The van der Waals surface area contributed by atoms with E-state index >= 15 is 0 Å². The summed E-state index contributed by atoms with van der Waals surface area (Å²) in [7, 11) is -3.97. The second-order valence-electron chi connectivity index (χ2n) is 15.0. The van der Waals surface area contributed by atoms with Gasteiger partial charge in [0.1, 0.15) is 5.60 Å². The van der Waals surface area contributed by atoms with E-state index in [0.717, 1.165) is 17.9 Å². The molecule has 1 aromatic carbocycles. The molecule has 0 saturated heterocycles. The van der Waals surface area contributed by atoms with Gasteiger partial charge in [-0.1, -0.05) is 71.6 Å². The molecule has 0 radical (unpaired) electrons. The van der Waals surface area contributed by atoms with Crippen LogP contribution in [0.4, 0.5) is 0 Å². The molecule has 0 heterocycles. The van der Waals surface area contributed by atoms with Gasteiger partial charge in [0.05, 0.1) is 11.0 Å². The first-order valence-electron chi connectivity index (χ1n) is 16.0. The van der Waals surface area contributed by atoms with Gasteiger partial charge in [-0.2, -0.15) is 8.42 Å². The molecule has 5 nitrogen and oxygen atoms in total. The van der Waals surface area contributed by atoms with E-state index in [4.69, 9.17) is 4.18 Å². The first-order chi connectivity index (χ1) is 18.7. The maximum atomic E-state index is 13.9. The number of Topliss-reactive ketones (excluding diaryl/α,β-unsaturated/α-hetero) is 1. The molecule has 1 aromatic rings. The number of hydrogen-bond acceptors (Lipinski definition) is 5. The Labute approximate surface area is 243 Å². The lowest BCUT2D eigenvalue weighted by molar-refractivity contribution is -0.211. The average molecular weight is 573 g/mol. The molecule has 0 spiro atoms. The summed E-state index contributed by atoms with van der Waals surface area (Å²) in [6.45, 7) is 13.6. The van der Waals surface area contributed by atoms with E-state index in [-0.39, 0.29) is 28.4 Å². The largest absolute Gasteiger partial charge is 0.381 e. The van der Waals surface area contributed by atoms with Gasteiger partial charge in [0.15, 0.2) is 5.78 Å². The Morgan fingerprint density at radius 1 is 0.975 bits per heavy atom. The van der Waals surface area contributed by atoms with Crippen molar-refractivity contribution in [3.05, 3.63) is 29.8 Å². The monoisotopic (exact) mass is 572 g/mol. The van der Waals surface area contributed by atoms with Crippen LogP contribution in [0, 0.1) is 53.3 Å². The summed E-state index contributed by atoms with van der Waals surface area (Å²) in [5, 5.41) is 12.1. The van der Waals surface area contributed by atoms with Crippen LogP contribution in [0.2, 0.25) is 0 Å². The Kier molecular flexibility index (Phi) is 8.15. The minimum absolute atomic E-state index is 0.0636. The van der Waals surface area contributed by atoms with Crippen LogP contribution in [-0.2, 0) is 19.1 Å². The lowest BCUT2D eigenvalue weighted by Crippen LogP contribution is -2.67. The Balaban J connectivity index is 1.31. The summed E-state index contributed by atoms with van der Waals surface area (Å²) >= 11 is 0. The molecule has 0 unspecified atom stereocenters. The molecule has 4 aliphatic carbocycles. The third-order valence-corrected chi connectivity index (χ3v) is 13.7. The third-order valence-electron chi connectivity index (χ3n) is 12.4. The van der Waals surface area contributed by atoms with Crippen LogP contribution in [0.5, 0.6) is 0 Å². The van der Waals surface area contributed by atoms with Crippen molar-refractivity contribution in [2.45, 2.75) is 129 Å². The van der Waals surface area contributed by atoms with Gasteiger partial charge in [0.2, 0.25) is 0 Å². The summed E-state index contributed by atoms with van der Waals surface area (Å²) in [4.78, 5) is 14.0. The van der Waals surface area contributed by atoms with E-state index in [1.165, 1.54) is 38.5 Å². The van der Waals surface area contributed by atoms with Crippen LogP contribution in [0.25, 0.3) is 0 Å². The molecule has 0 bridgehead atoms. The number of carbonyl (C=O) groups excluding carboxylic acids is 1. The van der Waals surface area contributed by atoms with E-state index in [2.05, 4.69) is 34.6 Å². The number of aryl methyl sites for hydroxylation is 1. The molecule has 9 atom stereocenters. The van der Waals surface area contributed by atoms with Crippen molar-refractivity contribution in [1.82, 2.24) is 0 Å². The summed E-state index contributed by atoms with van der Waals surface area (Å²) < 4.78 is 31.7. The molecule has 0 aliphatic heterocycles. The fraction of sp³-hybridized carbons (Fsp3) is 0.794. The van der Waals surface area contributed by atoms with E-state index in [1.807, 2.05) is 6.92 Å². The quantitative estimate of drug-likeness (QED) is 0.327. The van der Waals surface area contributed by atoms with E-state index < -0.39 is 27.2 Å². The zero-order valence-corrected chi connectivity index (χ0v) is 26.4. The first-order valence-corrected chi connectivity index (χ1v) is 17.4. The zero-order valence-electron chi connectivity index (χ0n) is 25.6. The predicted molar refractivity (Wildman–Crippen MR) is 158 cm³/mol. The Bertz CT molecular complexity index is 1190. The normalized spacial score (nSPS) is 40.4. The van der Waals surface area contributed by atoms with Crippen molar-refractivity contribution in [3.63, 3.8) is 0 Å². The standard InChI is InChI=1S/C34H52O5S/c1-22(2)8-7-9-24(4)28-14-15-29-27-20-31(35)34(36)21-25(39-40(37,38)26-12-10-23(3)11-13-26)16-19-33(34,6)30(27)17-18-32(28,29)5/h10-13,22,24-25,27-30,36H,7-9,14-21H2,1-6H3/t24-,25+,27+,28-,29+,30+,32-,33-,34+/m1/s1. The second-order valence-corrected chi connectivity index (χ2v) is 16.6. The molecule has 4 fully saturated rings. The summed E-state index contributed by atoms with van der Waals surface area (Å²) in [5.74, 6) is 3.23. The number of rotatable bonds is 8. The summed E-state index contributed by atoms with van der Waals surface area (Å²) in [6.07, 6.45) is 9.50. The van der Waals surface area contributed by atoms with Crippen molar-refractivity contribution >= 4 is 15.9 Å². The predicted octanol–water partition coefficient (Wildman–Crippen LogP) is 7.48. The summed E-state index contributed by atoms with van der Waals surface area (Å²) in [6, 6.07) is 6.62. The molecular weight excluding hydrogens is 520 g/mol. The summed E-state index contributed by atoms with van der Waals surface area (Å²) in [5.41, 5.74) is -0.826. The van der Waals surface area contributed by atoms with Crippen molar-refractivity contribution in [1.29, 1.82) is 0 Å². The number of aliphatic hydroxyl groups is 1. The lowest BCUT2D eigenvalue weighted by atomic mass is 9.42. The molecular formula is C34H52O5S. The molecule has 4 aliphatic rings. The SMILES string of the molecule is Cc1ccc(S(=O)(=O)O[C@H]2CC[C@]3(C)[C@H]4CC[C@]5(C)[C@@H]([C@H](C)CCCC(C)C)CC[C@H]5[C@@H]4CC(=O)[C@@]3(O)C2)cc1. The molecule has 6 heteroatoms. The smallest absolute Gasteiger partial charge is 0.297 e. The van der Waals surface area contributed by atoms with Crippen molar-refractivity contribution in [2.75, 3.05) is 0 Å². The van der Waals surface area contributed by atoms with Crippen molar-refractivity contribution in [2.24, 2.45) is 46.3 Å². The minimum atomic E-state index is -3.97. The third kappa shape index (κ3) is 5.02. The van der Waals surface area contributed by atoms with Gasteiger partial charge in [-0.3, -0.25) is 8.98 Å². The highest BCUT2D eigenvalue weighted by atomic mass is 32.2. The van der Waals surface area contributed by atoms with Gasteiger partial charge in [0, 0.05) is 18.3 Å². The van der Waals surface area contributed by atoms with Crippen LogP contribution in [0.1, 0.15) is 111 Å². The fourth-order valence-electron chi connectivity index (χ4n) is 10.0. The van der Waals surface area contributed by atoms with Crippen molar-refractivity contribution < 1.29 is 22.5 Å². The second kappa shape index (κ2) is 10.8. The highest BCUT2D eigenvalue weighted by Crippen LogP contribution is 2.68. The molecule has 224 valence electrons. The molecule has 0 aromatic heterocycles. The lowest BCUT2D eigenvalue weighted by Gasteiger charge is -2.63. The maximum Gasteiger partial charge on any atom is 0.297 e. The van der Waals surface area contributed by atoms with Crippen LogP contribution in [-0.4, -0.2) is 31.0 Å². The van der Waals surface area contributed by atoms with Gasteiger partial charge < -0.3 is 5.11 Å². The number of ketones is 1.